The molecule has 0 amide bonds. The average Bonchev–Trinajstić information content (AvgIpc) is 3.23. The zero-order chi connectivity index (χ0) is 28.0. The molecule has 3 aromatic carbocycles. The summed E-state index contributed by atoms with van der Waals surface area (Å²) in [6, 6.07) is 26.1. The van der Waals surface area contributed by atoms with E-state index in [1.807, 2.05) is 18.2 Å². The van der Waals surface area contributed by atoms with E-state index in [1.54, 1.807) is 0 Å². The van der Waals surface area contributed by atoms with Gasteiger partial charge in [-0.1, -0.05) is 62.1 Å². The van der Waals surface area contributed by atoms with Crippen LogP contribution in [0.1, 0.15) is 86.8 Å². The molecule has 2 aliphatic rings. The van der Waals surface area contributed by atoms with Gasteiger partial charge in [0.2, 0.25) is 5.69 Å². The van der Waals surface area contributed by atoms with Crippen LogP contribution >= 0.6 is 0 Å². The van der Waals surface area contributed by atoms with E-state index in [4.69, 9.17) is 4.42 Å². The van der Waals surface area contributed by atoms with E-state index in [-0.39, 0.29) is 0 Å². The molecule has 0 radical (unpaired) electrons. The lowest BCUT2D eigenvalue weighted by Crippen LogP contribution is -2.30. The maximum Gasteiger partial charge on any atom is 0.216 e. The first-order chi connectivity index (χ1) is 20.1. The van der Waals surface area contributed by atoms with Crippen molar-refractivity contribution in [2.45, 2.75) is 77.0 Å². The number of benzene rings is 3. The van der Waals surface area contributed by atoms with Crippen molar-refractivity contribution >= 4 is 21.9 Å². The van der Waals surface area contributed by atoms with E-state index in [0.29, 0.717) is 16.9 Å². The zero-order valence-electron chi connectivity index (χ0n) is 24.4. The van der Waals surface area contributed by atoms with Gasteiger partial charge in [0, 0.05) is 28.5 Å². The van der Waals surface area contributed by atoms with E-state index in [1.165, 1.54) is 75.3 Å². The summed E-state index contributed by atoms with van der Waals surface area (Å²) in [6.45, 7) is 2.14. The molecule has 3 heteroatoms. The Hall–Kier alpha value is -3.90. The van der Waals surface area contributed by atoms with Crippen molar-refractivity contribution in [1.29, 1.82) is 5.26 Å². The van der Waals surface area contributed by atoms with Crippen LogP contribution in [0, 0.1) is 23.7 Å². The highest BCUT2D eigenvalue weighted by atomic mass is 16.3. The highest BCUT2D eigenvalue weighted by Crippen LogP contribution is 2.50. The fraction of sp³-hybridized carbons (Fsp3) is 0.368. The molecule has 0 atom stereocenters. The molecule has 2 heterocycles. The monoisotopic (exact) mass is 539 g/mol. The van der Waals surface area contributed by atoms with Gasteiger partial charge in [-0.15, -0.1) is 0 Å². The number of hydrogen-bond donors (Lipinski definition) is 0. The Morgan fingerprint density at radius 2 is 1.46 bits per heavy atom. The minimum Gasteiger partial charge on any atom is -0.454 e. The van der Waals surface area contributed by atoms with Crippen molar-refractivity contribution in [3.8, 4) is 28.5 Å². The van der Waals surface area contributed by atoms with Crippen molar-refractivity contribution in [2.75, 3.05) is 0 Å². The summed E-state index contributed by atoms with van der Waals surface area (Å²) in [5, 5.41) is 12.3. The number of rotatable bonds is 3. The minimum absolute atomic E-state index is 0.625. The molecule has 1 spiro atoms. The largest absolute Gasteiger partial charge is 0.454 e. The lowest BCUT2D eigenvalue weighted by molar-refractivity contribution is -0.660. The number of pyridine rings is 1. The third kappa shape index (κ3) is 4.55. The molecular weight excluding hydrogens is 500 g/mol. The van der Waals surface area contributed by atoms with Gasteiger partial charge in [0.25, 0.3) is 0 Å². The Kier molecular flexibility index (Phi) is 6.66. The van der Waals surface area contributed by atoms with E-state index < -0.39 is 0 Å². The van der Waals surface area contributed by atoms with E-state index in [9.17, 15) is 5.26 Å². The number of fused-ring (bicyclic) bond motifs is 3. The lowest BCUT2D eigenvalue weighted by atomic mass is 9.65. The molecule has 2 aliphatic carbocycles. The predicted molar refractivity (Wildman–Crippen MR) is 167 cm³/mol. The second-order valence-electron chi connectivity index (χ2n) is 12.7. The molecule has 2 saturated carbocycles. The Morgan fingerprint density at radius 3 is 2.15 bits per heavy atom. The van der Waals surface area contributed by atoms with Gasteiger partial charge < -0.3 is 4.42 Å². The maximum absolute atomic E-state index is 10.1. The number of hydrogen-bond acceptors (Lipinski definition) is 2. The molecule has 0 bridgehead atoms. The van der Waals surface area contributed by atoms with Crippen molar-refractivity contribution in [3.63, 3.8) is 0 Å². The van der Waals surface area contributed by atoms with E-state index in [2.05, 4.69) is 79.3 Å². The summed E-state index contributed by atoms with van der Waals surface area (Å²) < 4.78 is 8.90. The highest BCUT2D eigenvalue weighted by Gasteiger charge is 2.35. The molecule has 0 aliphatic heterocycles. The summed E-state index contributed by atoms with van der Waals surface area (Å²) in [5.41, 5.74) is 9.73. The summed E-state index contributed by atoms with van der Waals surface area (Å²) in [4.78, 5) is 0. The Balaban J connectivity index is 1.27. The lowest BCUT2D eigenvalue weighted by Gasteiger charge is -2.40. The SMILES string of the molecule is Cc1ccc2c(oc3c(-c4ccc(C5CCC6(CCCCCC6)CC5)cc4)c(C#N)ccc32)c1-c1cccc[n+]1C. The normalized spacial score (nSPS) is 17.6. The summed E-state index contributed by atoms with van der Waals surface area (Å²) in [6.07, 6.45) is 16.1. The van der Waals surface area contributed by atoms with Crippen LogP contribution in [0.15, 0.2) is 77.3 Å². The van der Waals surface area contributed by atoms with Crippen LogP contribution < -0.4 is 4.57 Å². The fourth-order valence-corrected chi connectivity index (χ4v) is 7.95. The van der Waals surface area contributed by atoms with Gasteiger partial charge in [-0.25, -0.2) is 4.57 Å². The fourth-order valence-electron chi connectivity index (χ4n) is 7.95. The number of aromatic nitrogens is 1. The third-order valence-corrected chi connectivity index (χ3v) is 10.3. The first kappa shape index (κ1) is 26.0. The third-order valence-electron chi connectivity index (χ3n) is 10.3. The molecule has 0 N–H and O–H groups in total. The highest BCUT2D eigenvalue weighted by molar-refractivity contribution is 6.14. The van der Waals surface area contributed by atoms with Crippen LogP contribution in [0.5, 0.6) is 0 Å². The first-order valence-corrected chi connectivity index (χ1v) is 15.5. The quantitative estimate of drug-likeness (QED) is 0.214. The van der Waals surface area contributed by atoms with Gasteiger partial charge in [-0.3, -0.25) is 0 Å². The van der Waals surface area contributed by atoms with Crippen LogP contribution in [0.2, 0.25) is 0 Å². The minimum atomic E-state index is 0.625. The Bertz CT molecular complexity index is 1770. The van der Waals surface area contributed by atoms with Crippen molar-refractivity contribution < 1.29 is 8.98 Å². The average molecular weight is 540 g/mol. The second kappa shape index (κ2) is 10.5. The standard InChI is InChI=1S/C38H39N2O/c1-26-10-16-31-32-17-15-30(25-39)35(37(32)41-36(31)34(26)33-9-5-8-24-40(33)2)29-13-11-27(12-14-29)28-18-22-38(23-19-28)20-6-3-4-7-21-38/h5,8-17,24,28H,3-4,6-7,18-23H2,1-2H3/q+1. The molecule has 41 heavy (non-hydrogen) atoms. The van der Waals surface area contributed by atoms with Crippen molar-refractivity contribution in [1.82, 2.24) is 0 Å². The van der Waals surface area contributed by atoms with E-state index >= 15 is 0 Å². The topological polar surface area (TPSA) is 40.8 Å². The van der Waals surface area contributed by atoms with Crippen LogP contribution in [0.4, 0.5) is 0 Å². The summed E-state index contributed by atoms with van der Waals surface area (Å²) in [7, 11) is 2.07. The zero-order valence-corrected chi connectivity index (χ0v) is 24.4. The van der Waals surface area contributed by atoms with Gasteiger partial charge in [0.05, 0.1) is 17.2 Å². The van der Waals surface area contributed by atoms with Gasteiger partial charge in [-0.2, -0.15) is 5.26 Å². The van der Waals surface area contributed by atoms with Gasteiger partial charge >= 0.3 is 0 Å². The number of nitrogens with zero attached hydrogens (tertiary/aromatic N) is 2. The number of nitriles is 1. The molecule has 7 rings (SSSR count). The first-order valence-electron chi connectivity index (χ1n) is 15.5. The summed E-state index contributed by atoms with van der Waals surface area (Å²) in [5.74, 6) is 0.646. The number of aryl methyl sites for hydroxylation is 2. The predicted octanol–water partition coefficient (Wildman–Crippen LogP) is 9.92. The van der Waals surface area contributed by atoms with E-state index in [0.717, 1.165) is 44.3 Å². The van der Waals surface area contributed by atoms with Gasteiger partial charge in [0.15, 0.2) is 6.20 Å². The molecule has 206 valence electrons. The van der Waals surface area contributed by atoms with Crippen LogP contribution in [-0.2, 0) is 7.05 Å². The van der Waals surface area contributed by atoms with Crippen LogP contribution in [-0.4, -0.2) is 0 Å². The number of furan rings is 1. The smallest absolute Gasteiger partial charge is 0.216 e. The van der Waals surface area contributed by atoms with Crippen molar-refractivity contribution in [3.05, 3.63) is 89.6 Å². The summed E-state index contributed by atoms with van der Waals surface area (Å²) >= 11 is 0. The Morgan fingerprint density at radius 1 is 0.780 bits per heavy atom. The molecule has 5 aromatic rings. The van der Waals surface area contributed by atoms with Gasteiger partial charge in [0.1, 0.15) is 18.2 Å². The van der Waals surface area contributed by atoms with Crippen LogP contribution in [0.25, 0.3) is 44.3 Å². The molecule has 0 unspecified atom stereocenters. The van der Waals surface area contributed by atoms with Gasteiger partial charge in [-0.05, 0) is 91.7 Å². The molecule has 2 aromatic heterocycles. The molecule has 3 nitrogen and oxygen atoms in total. The van der Waals surface area contributed by atoms with Crippen LogP contribution in [0.3, 0.4) is 0 Å². The molecule has 0 saturated heterocycles. The Labute approximate surface area is 243 Å². The maximum atomic E-state index is 10.1. The van der Waals surface area contributed by atoms with Crippen molar-refractivity contribution in [2.24, 2.45) is 12.5 Å². The molecular formula is C38H39N2O+. The second-order valence-corrected chi connectivity index (χ2v) is 12.7. The molecule has 2 fully saturated rings.